The molecular weight excluding hydrogens is 304 g/mol. The molecule has 0 saturated carbocycles. The number of likely N-dealkylation sites (tertiary alicyclic amines) is 1. The smallest absolute Gasteiger partial charge is 0.228 e. The predicted octanol–water partition coefficient (Wildman–Crippen LogP) is 2.12. The Labute approximate surface area is 143 Å². The number of piperidine rings is 1. The average molecular weight is 330 g/mol. The number of aliphatic hydroxyl groups excluding tert-OH is 1. The van der Waals surface area contributed by atoms with Crippen LogP contribution >= 0.6 is 0 Å². The maximum Gasteiger partial charge on any atom is 0.228 e. The van der Waals surface area contributed by atoms with Crippen LogP contribution in [0.5, 0.6) is 0 Å². The molecule has 5 heteroatoms. The van der Waals surface area contributed by atoms with Crippen molar-refractivity contribution in [1.29, 1.82) is 0 Å². The molecule has 2 unspecified atom stereocenters. The summed E-state index contributed by atoms with van der Waals surface area (Å²) in [7, 11) is 0. The monoisotopic (exact) mass is 330 g/mol. The van der Waals surface area contributed by atoms with Crippen molar-refractivity contribution in [2.75, 3.05) is 18.5 Å². The number of aryl methyl sites for hydroxylation is 1. The van der Waals surface area contributed by atoms with Crippen molar-refractivity contribution in [2.45, 2.75) is 51.5 Å². The fourth-order valence-corrected chi connectivity index (χ4v) is 3.70. The lowest BCUT2D eigenvalue weighted by Gasteiger charge is -2.37. The summed E-state index contributed by atoms with van der Waals surface area (Å²) in [6.07, 6.45) is 4.63. The maximum absolute atomic E-state index is 12.5. The highest BCUT2D eigenvalue weighted by atomic mass is 16.3. The van der Waals surface area contributed by atoms with Crippen LogP contribution in [0.3, 0.4) is 0 Å². The number of hydrogen-bond acceptors (Lipinski definition) is 3. The van der Waals surface area contributed by atoms with Crippen molar-refractivity contribution in [1.82, 2.24) is 4.90 Å². The van der Waals surface area contributed by atoms with Gasteiger partial charge < -0.3 is 15.3 Å². The Morgan fingerprint density at radius 1 is 1.38 bits per heavy atom. The van der Waals surface area contributed by atoms with Gasteiger partial charge in [-0.25, -0.2) is 0 Å². The number of nitrogens with zero attached hydrogens (tertiary/aromatic N) is 1. The van der Waals surface area contributed by atoms with E-state index >= 15 is 0 Å². The molecular formula is C19H26N2O3. The van der Waals surface area contributed by atoms with Crippen LogP contribution in [0.1, 0.15) is 43.7 Å². The first-order valence-electron chi connectivity index (χ1n) is 8.89. The Bertz CT molecular complexity index is 629. The summed E-state index contributed by atoms with van der Waals surface area (Å²) in [6, 6.07) is 6.33. The second kappa shape index (κ2) is 7.34. The molecule has 2 N–H and O–H groups in total. The number of carbonyl (C=O) groups is 2. The first-order chi connectivity index (χ1) is 11.6. The van der Waals surface area contributed by atoms with Crippen LogP contribution in [0, 0.1) is 5.92 Å². The number of carbonyl (C=O) groups excluding carboxylic acids is 2. The van der Waals surface area contributed by atoms with Crippen LogP contribution in [-0.4, -0.2) is 41.0 Å². The second-order valence-corrected chi connectivity index (χ2v) is 7.09. The molecule has 0 aromatic heterocycles. The fraction of sp³-hybridized carbons (Fsp3) is 0.579. The lowest BCUT2D eigenvalue weighted by Crippen LogP contribution is -2.46. The number of benzene rings is 1. The summed E-state index contributed by atoms with van der Waals surface area (Å²) in [5, 5.41) is 12.2. The van der Waals surface area contributed by atoms with Gasteiger partial charge in [0, 0.05) is 31.3 Å². The predicted molar refractivity (Wildman–Crippen MR) is 92.7 cm³/mol. The molecule has 0 spiro atoms. The average Bonchev–Trinajstić information content (AvgIpc) is 2.94. The molecule has 2 atom stereocenters. The molecule has 2 amide bonds. The van der Waals surface area contributed by atoms with Crippen LogP contribution in [-0.2, 0) is 22.4 Å². The van der Waals surface area contributed by atoms with Crippen LogP contribution in [0.25, 0.3) is 0 Å². The third-order valence-electron chi connectivity index (χ3n) is 5.21. The van der Waals surface area contributed by atoms with E-state index in [0.29, 0.717) is 19.4 Å². The quantitative estimate of drug-likeness (QED) is 0.869. The first-order valence-corrected chi connectivity index (χ1v) is 8.89. The molecule has 1 aromatic carbocycles. The van der Waals surface area contributed by atoms with Crippen LogP contribution in [0.2, 0.25) is 0 Å². The molecule has 2 heterocycles. The molecule has 1 saturated heterocycles. The van der Waals surface area contributed by atoms with E-state index in [9.17, 15) is 14.7 Å². The number of hydrogen-bond donors (Lipinski definition) is 2. The highest BCUT2D eigenvalue weighted by Gasteiger charge is 2.28. The topological polar surface area (TPSA) is 69.6 Å². The zero-order chi connectivity index (χ0) is 17.1. The zero-order valence-electron chi connectivity index (χ0n) is 14.3. The van der Waals surface area contributed by atoms with E-state index < -0.39 is 0 Å². The molecule has 1 aromatic rings. The Hall–Kier alpha value is -1.88. The molecule has 0 bridgehead atoms. The van der Waals surface area contributed by atoms with Crippen molar-refractivity contribution in [3.63, 3.8) is 0 Å². The first kappa shape index (κ1) is 17.0. The van der Waals surface area contributed by atoms with E-state index in [1.807, 2.05) is 17.0 Å². The molecule has 0 aliphatic carbocycles. The van der Waals surface area contributed by atoms with E-state index in [-0.39, 0.29) is 30.4 Å². The summed E-state index contributed by atoms with van der Waals surface area (Å²) >= 11 is 0. The van der Waals surface area contributed by atoms with Gasteiger partial charge >= 0.3 is 0 Å². The van der Waals surface area contributed by atoms with Gasteiger partial charge in [0.05, 0.1) is 6.42 Å². The summed E-state index contributed by atoms with van der Waals surface area (Å²) in [5.41, 5.74) is 3.15. The highest BCUT2D eigenvalue weighted by molar-refractivity contribution is 5.99. The maximum atomic E-state index is 12.5. The van der Waals surface area contributed by atoms with Crippen molar-refractivity contribution < 1.29 is 14.7 Å². The Morgan fingerprint density at radius 2 is 2.21 bits per heavy atom. The molecule has 2 aliphatic heterocycles. The summed E-state index contributed by atoms with van der Waals surface area (Å²) in [4.78, 5) is 25.8. The minimum Gasteiger partial charge on any atom is -0.396 e. The Morgan fingerprint density at radius 3 is 3.00 bits per heavy atom. The summed E-state index contributed by atoms with van der Waals surface area (Å²) in [6.45, 7) is 2.94. The van der Waals surface area contributed by atoms with E-state index in [4.69, 9.17) is 0 Å². The molecule has 130 valence electrons. The number of fused-ring (bicyclic) bond motifs is 1. The summed E-state index contributed by atoms with van der Waals surface area (Å²) in [5.74, 6) is 0.473. The van der Waals surface area contributed by atoms with Crippen LogP contribution < -0.4 is 5.32 Å². The van der Waals surface area contributed by atoms with Gasteiger partial charge in [-0.3, -0.25) is 9.59 Å². The summed E-state index contributed by atoms with van der Waals surface area (Å²) < 4.78 is 0. The molecule has 3 rings (SSSR count). The Balaban J connectivity index is 1.50. The number of nitrogens with one attached hydrogen (secondary N) is 1. The number of anilines is 1. The lowest BCUT2D eigenvalue weighted by atomic mass is 9.93. The normalized spacial score (nSPS) is 23.1. The van der Waals surface area contributed by atoms with Crippen LogP contribution in [0.4, 0.5) is 5.69 Å². The number of aliphatic hydroxyl groups is 1. The highest BCUT2D eigenvalue weighted by Crippen LogP contribution is 2.25. The van der Waals surface area contributed by atoms with E-state index in [2.05, 4.69) is 18.3 Å². The van der Waals surface area contributed by atoms with Crippen molar-refractivity contribution in [3.05, 3.63) is 29.3 Å². The van der Waals surface area contributed by atoms with Crippen molar-refractivity contribution in [3.8, 4) is 0 Å². The van der Waals surface area contributed by atoms with Gasteiger partial charge in [0.1, 0.15) is 0 Å². The molecule has 5 nitrogen and oxygen atoms in total. The van der Waals surface area contributed by atoms with Crippen molar-refractivity contribution in [2.24, 2.45) is 5.92 Å². The zero-order valence-corrected chi connectivity index (χ0v) is 14.3. The standard InChI is InChI=1S/C19H26N2O3/c1-13-5-6-15(12-22)11-21(13)19(24)4-2-3-14-7-8-17-16(9-14)10-18(23)20-17/h7-9,13,15,22H,2-6,10-12H2,1H3,(H,20,23). The van der Waals surface area contributed by atoms with E-state index in [1.165, 1.54) is 5.56 Å². The van der Waals surface area contributed by atoms with Crippen LogP contribution in [0.15, 0.2) is 18.2 Å². The van der Waals surface area contributed by atoms with Gasteiger partial charge in [-0.15, -0.1) is 0 Å². The second-order valence-electron chi connectivity index (χ2n) is 7.09. The third-order valence-corrected chi connectivity index (χ3v) is 5.21. The van der Waals surface area contributed by atoms with E-state index in [1.54, 1.807) is 0 Å². The minimum atomic E-state index is 0.0508. The molecule has 2 aliphatic rings. The van der Waals surface area contributed by atoms with Gasteiger partial charge in [0.25, 0.3) is 0 Å². The minimum absolute atomic E-state index is 0.0508. The van der Waals surface area contributed by atoms with Gasteiger partial charge in [-0.2, -0.15) is 0 Å². The van der Waals surface area contributed by atoms with Gasteiger partial charge in [-0.1, -0.05) is 12.1 Å². The fourth-order valence-electron chi connectivity index (χ4n) is 3.70. The van der Waals surface area contributed by atoms with Gasteiger partial charge in [0.2, 0.25) is 11.8 Å². The number of rotatable bonds is 5. The lowest BCUT2D eigenvalue weighted by molar-refractivity contribution is -0.136. The SMILES string of the molecule is CC1CCC(CO)CN1C(=O)CCCc1ccc2c(c1)CC(=O)N2. The number of amides is 2. The van der Waals surface area contributed by atoms with Gasteiger partial charge in [-0.05, 0) is 55.7 Å². The van der Waals surface area contributed by atoms with Gasteiger partial charge in [0.15, 0.2) is 0 Å². The molecule has 0 radical (unpaired) electrons. The third kappa shape index (κ3) is 3.78. The molecule has 1 fully saturated rings. The van der Waals surface area contributed by atoms with Crippen molar-refractivity contribution >= 4 is 17.5 Å². The van der Waals surface area contributed by atoms with E-state index in [0.717, 1.165) is 36.9 Å². The largest absolute Gasteiger partial charge is 0.396 e. The molecule has 24 heavy (non-hydrogen) atoms. The Kier molecular flexibility index (Phi) is 5.19.